The number of likely N-dealkylation sites (tertiary alicyclic amines) is 1. The monoisotopic (exact) mass is 395 g/mol. The van der Waals surface area contributed by atoms with Crippen LogP contribution in [0, 0.1) is 5.92 Å². The fourth-order valence-corrected chi connectivity index (χ4v) is 6.96. The van der Waals surface area contributed by atoms with Crippen LogP contribution in [0.4, 0.5) is 0 Å². The molecule has 0 unspecified atom stereocenters. The molecule has 1 aromatic rings. The number of aromatic nitrogens is 2. The van der Waals surface area contributed by atoms with Crippen LogP contribution in [0.1, 0.15) is 75.4 Å². The van der Waals surface area contributed by atoms with E-state index in [-0.39, 0.29) is 0 Å². The largest absolute Gasteiger partial charge is 0.342 e. The van der Waals surface area contributed by atoms with E-state index >= 15 is 0 Å². The second kappa shape index (κ2) is 9.00. The summed E-state index contributed by atoms with van der Waals surface area (Å²) in [5, 5.41) is 4.93. The summed E-state index contributed by atoms with van der Waals surface area (Å²) in [6.45, 7) is 1.77. The number of carbonyl (C=O) groups is 1. The first-order valence-corrected chi connectivity index (χ1v) is 12.5. The Balaban J connectivity index is 1.17. The summed E-state index contributed by atoms with van der Waals surface area (Å²) in [6.07, 6.45) is 11.0. The van der Waals surface area contributed by atoms with Crippen molar-refractivity contribution in [3.05, 3.63) is 11.7 Å². The van der Waals surface area contributed by atoms with Crippen LogP contribution in [-0.2, 0) is 11.2 Å². The van der Waals surface area contributed by atoms with Gasteiger partial charge in [0.05, 0.1) is 0 Å². The number of piperidine rings is 1. The van der Waals surface area contributed by atoms with Crippen LogP contribution in [0.25, 0.3) is 0 Å². The van der Waals surface area contributed by atoms with Crippen molar-refractivity contribution in [1.29, 1.82) is 0 Å². The smallest absolute Gasteiger partial charge is 0.226 e. The third kappa shape index (κ3) is 5.18. The van der Waals surface area contributed by atoms with Gasteiger partial charge in [0.1, 0.15) is 0 Å². The molecular formula is C19H29N3O2S2. The van der Waals surface area contributed by atoms with E-state index in [9.17, 15) is 4.79 Å². The van der Waals surface area contributed by atoms with Crippen molar-refractivity contribution in [2.45, 2.75) is 75.4 Å². The number of hydrogen-bond donors (Lipinski definition) is 0. The number of nitrogens with zero attached hydrogens (tertiary/aromatic N) is 3. The molecular weight excluding hydrogens is 366 g/mol. The Morgan fingerprint density at radius 2 is 2.15 bits per heavy atom. The molecule has 26 heavy (non-hydrogen) atoms. The van der Waals surface area contributed by atoms with E-state index in [4.69, 9.17) is 4.52 Å². The van der Waals surface area contributed by atoms with Crippen LogP contribution in [0.3, 0.4) is 0 Å². The Morgan fingerprint density at radius 1 is 1.23 bits per heavy atom. The van der Waals surface area contributed by atoms with Crippen molar-refractivity contribution in [2.24, 2.45) is 5.92 Å². The lowest BCUT2D eigenvalue weighted by Crippen LogP contribution is -2.40. The summed E-state index contributed by atoms with van der Waals surface area (Å²) in [4.78, 5) is 19.2. The van der Waals surface area contributed by atoms with Gasteiger partial charge < -0.3 is 9.42 Å². The zero-order chi connectivity index (χ0) is 17.8. The summed E-state index contributed by atoms with van der Waals surface area (Å²) < 4.78 is 5.42. The third-order valence-corrected chi connectivity index (χ3v) is 8.66. The Kier molecular flexibility index (Phi) is 6.46. The van der Waals surface area contributed by atoms with Gasteiger partial charge in [0, 0.05) is 42.9 Å². The maximum atomic E-state index is 12.6. The maximum absolute atomic E-state index is 12.6. The van der Waals surface area contributed by atoms with E-state index in [0.717, 1.165) is 55.7 Å². The van der Waals surface area contributed by atoms with Crippen LogP contribution < -0.4 is 0 Å². The van der Waals surface area contributed by atoms with E-state index in [0.29, 0.717) is 24.2 Å². The van der Waals surface area contributed by atoms with Gasteiger partial charge in [0.2, 0.25) is 11.8 Å². The van der Waals surface area contributed by atoms with E-state index in [1.165, 1.54) is 37.9 Å². The number of amides is 1. The van der Waals surface area contributed by atoms with Crippen molar-refractivity contribution in [2.75, 3.05) is 18.8 Å². The molecule has 2 atom stereocenters. The lowest BCUT2D eigenvalue weighted by atomic mass is 9.94. The van der Waals surface area contributed by atoms with Gasteiger partial charge in [-0.1, -0.05) is 33.2 Å². The zero-order valence-corrected chi connectivity index (χ0v) is 17.0. The molecule has 4 rings (SSSR count). The highest BCUT2D eigenvalue weighted by Crippen LogP contribution is 2.40. The minimum atomic E-state index is 0.340. The van der Waals surface area contributed by atoms with Gasteiger partial charge in [0.25, 0.3) is 0 Å². The fourth-order valence-electron chi connectivity index (χ4n) is 3.93. The van der Waals surface area contributed by atoms with Crippen molar-refractivity contribution >= 4 is 27.5 Å². The van der Waals surface area contributed by atoms with Crippen LogP contribution >= 0.6 is 21.6 Å². The molecule has 3 aliphatic rings. The van der Waals surface area contributed by atoms with Gasteiger partial charge in [-0.05, 0) is 50.9 Å². The van der Waals surface area contributed by atoms with Gasteiger partial charge in [-0.3, -0.25) is 4.79 Å². The van der Waals surface area contributed by atoms with E-state index in [1.807, 2.05) is 21.6 Å². The quantitative estimate of drug-likeness (QED) is 0.479. The lowest BCUT2D eigenvalue weighted by molar-refractivity contribution is -0.133. The molecule has 3 fully saturated rings. The average molecular weight is 396 g/mol. The van der Waals surface area contributed by atoms with Crippen molar-refractivity contribution < 1.29 is 9.32 Å². The predicted octanol–water partition coefficient (Wildman–Crippen LogP) is 4.44. The summed E-state index contributed by atoms with van der Waals surface area (Å²) >= 11 is 0. The summed E-state index contributed by atoms with van der Waals surface area (Å²) in [5.41, 5.74) is 0. The fraction of sp³-hybridized carbons (Fsp3) is 0.842. The molecule has 0 aromatic carbocycles. The maximum Gasteiger partial charge on any atom is 0.226 e. The Morgan fingerprint density at radius 3 is 2.96 bits per heavy atom. The second-order valence-electron chi connectivity index (χ2n) is 7.95. The summed E-state index contributed by atoms with van der Waals surface area (Å²) in [6, 6.07) is 0. The Labute approximate surface area is 163 Å². The number of hydrogen-bond acceptors (Lipinski definition) is 6. The van der Waals surface area contributed by atoms with Crippen LogP contribution in [0.15, 0.2) is 4.52 Å². The van der Waals surface area contributed by atoms with Gasteiger partial charge >= 0.3 is 0 Å². The highest BCUT2D eigenvalue weighted by atomic mass is 33.1. The molecule has 1 aromatic heterocycles. The van der Waals surface area contributed by atoms with Gasteiger partial charge in [-0.25, -0.2) is 0 Å². The molecule has 0 bridgehead atoms. The van der Waals surface area contributed by atoms with Gasteiger partial charge in [-0.2, -0.15) is 4.98 Å². The Bertz CT molecular complexity index is 599. The molecule has 1 amide bonds. The van der Waals surface area contributed by atoms with Crippen LogP contribution in [-0.4, -0.2) is 45.0 Å². The molecule has 0 radical (unpaired) electrons. The first-order chi connectivity index (χ1) is 12.8. The lowest BCUT2D eigenvalue weighted by Gasteiger charge is -2.32. The zero-order valence-electron chi connectivity index (χ0n) is 15.4. The molecule has 0 N–H and O–H groups in total. The average Bonchev–Trinajstić information content (AvgIpc) is 3.17. The summed E-state index contributed by atoms with van der Waals surface area (Å²) in [7, 11) is 4.04. The molecule has 7 heteroatoms. The van der Waals surface area contributed by atoms with Gasteiger partial charge in [0.15, 0.2) is 5.82 Å². The first-order valence-electron chi connectivity index (χ1n) is 10.2. The van der Waals surface area contributed by atoms with E-state index < -0.39 is 0 Å². The van der Waals surface area contributed by atoms with Crippen LogP contribution in [0.5, 0.6) is 0 Å². The van der Waals surface area contributed by atoms with Crippen molar-refractivity contribution in [3.63, 3.8) is 0 Å². The van der Waals surface area contributed by atoms with Crippen molar-refractivity contribution in [1.82, 2.24) is 15.0 Å². The molecule has 3 heterocycles. The first kappa shape index (κ1) is 18.7. The number of unbranched alkanes of at least 4 members (excludes halogenated alkanes) is 1. The molecule has 2 saturated heterocycles. The predicted molar refractivity (Wildman–Crippen MR) is 106 cm³/mol. The summed E-state index contributed by atoms with van der Waals surface area (Å²) in [5.74, 6) is 4.30. The highest BCUT2D eigenvalue weighted by Gasteiger charge is 2.30. The molecule has 1 aliphatic carbocycles. The molecule has 2 aliphatic heterocycles. The SMILES string of the molecule is O=C(CCCC[C@H]1CCSS1)N1CCC[C@@H](Cc2nc(C3CC3)no2)C1. The number of rotatable bonds is 8. The molecule has 5 nitrogen and oxygen atoms in total. The highest BCUT2D eigenvalue weighted by molar-refractivity contribution is 8.77. The van der Waals surface area contributed by atoms with Gasteiger partial charge in [-0.15, -0.1) is 0 Å². The minimum Gasteiger partial charge on any atom is -0.342 e. The van der Waals surface area contributed by atoms with Crippen molar-refractivity contribution in [3.8, 4) is 0 Å². The van der Waals surface area contributed by atoms with E-state index in [1.54, 1.807) is 0 Å². The molecule has 144 valence electrons. The minimum absolute atomic E-state index is 0.340. The number of carbonyl (C=O) groups excluding carboxylic acids is 1. The topological polar surface area (TPSA) is 59.2 Å². The normalized spacial score (nSPS) is 26.4. The van der Waals surface area contributed by atoms with Crippen LogP contribution in [0.2, 0.25) is 0 Å². The second-order valence-corrected chi connectivity index (χ2v) is 10.7. The van der Waals surface area contributed by atoms with E-state index in [2.05, 4.69) is 15.0 Å². The Hall–Kier alpha value is -0.690. The third-order valence-electron chi connectivity index (χ3n) is 5.66. The standard InChI is InChI=1S/C19H29N3O2S2/c23-18(6-2-1-5-16-9-11-25-26-16)22-10-3-4-14(13-22)12-17-20-19(21-24-17)15-7-8-15/h14-16H,1-13H2/t14-,16-/m0/s1. The molecule has 1 saturated carbocycles. The molecule has 0 spiro atoms.